The average Bonchev–Trinajstić information content (AvgIpc) is 3.36. The first-order chi connectivity index (χ1) is 17.9. The molecule has 8 nitrogen and oxygen atoms in total. The highest BCUT2D eigenvalue weighted by molar-refractivity contribution is 7.96. The lowest BCUT2D eigenvalue weighted by Gasteiger charge is -2.50. The van der Waals surface area contributed by atoms with Crippen LogP contribution in [0.5, 0.6) is 5.75 Å². The van der Waals surface area contributed by atoms with Gasteiger partial charge in [0.15, 0.2) is 31.2 Å². The molecule has 4 rings (SSSR count). The largest absolute Gasteiger partial charge is 0.490 e. The van der Waals surface area contributed by atoms with Crippen molar-refractivity contribution in [3.63, 3.8) is 0 Å². The maximum absolute atomic E-state index is 15.5. The number of hydrogen-bond acceptors (Lipinski definition) is 8. The van der Waals surface area contributed by atoms with Crippen LogP contribution in [-0.4, -0.2) is 66.6 Å². The van der Waals surface area contributed by atoms with Crippen LogP contribution < -0.4 is 10.1 Å². The summed E-state index contributed by atoms with van der Waals surface area (Å²) in [6.45, 7) is 5.79. The minimum Gasteiger partial charge on any atom is -0.490 e. The monoisotopic (exact) mass is 590 g/mol. The van der Waals surface area contributed by atoms with Gasteiger partial charge in [-0.15, -0.1) is 0 Å². The van der Waals surface area contributed by atoms with Crippen molar-refractivity contribution in [1.29, 1.82) is 0 Å². The van der Waals surface area contributed by atoms with E-state index in [-0.39, 0.29) is 42.5 Å². The second-order valence-corrected chi connectivity index (χ2v) is 14.4. The van der Waals surface area contributed by atoms with E-state index in [1.807, 2.05) is 0 Å². The Bertz CT molecular complexity index is 1420. The van der Waals surface area contributed by atoms with Crippen LogP contribution in [0.25, 0.3) is 0 Å². The summed E-state index contributed by atoms with van der Waals surface area (Å²) in [5, 5.41) is 3.22. The molecule has 38 heavy (non-hydrogen) atoms. The Morgan fingerprint density at radius 1 is 1.26 bits per heavy atom. The Hall–Kier alpha value is -2.28. The topological polar surface area (TPSA) is 111 Å². The molecule has 0 aliphatic carbocycles. The fourth-order valence-electron chi connectivity index (χ4n) is 5.30. The molecule has 3 aliphatic rings. The zero-order chi connectivity index (χ0) is 27.7. The van der Waals surface area contributed by atoms with Crippen LogP contribution in [0.4, 0.5) is 8.78 Å². The smallest absolute Gasteiger partial charge is 0.189 e. The SMILES string of the molecule is C=C/C(=C\C=C(/C)Cl)S(=O)(=O)[C@@]12CCO[C@@H](CCS(=O)(=O)CC3=NCCN3)[C@@H]1COc1c(F)ccc(F)c12. The molecule has 13 heteroatoms. The number of nitrogens with zero attached hydrogens (tertiary/aromatic N) is 1. The normalized spacial score (nSPS) is 26.1. The fourth-order valence-corrected chi connectivity index (χ4v) is 9.03. The van der Waals surface area contributed by atoms with E-state index >= 15 is 4.39 Å². The number of aliphatic imine (C=N–C) groups is 1. The van der Waals surface area contributed by atoms with Gasteiger partial charge in [0.1, 0.15) is 22.2 Å². The van der Waals surface area contributed by atoms with Gasteiger partial charge in [-0.25, -0.2) is 25.6 Å². The van der Waals surface area contributed by atoms with Gasteiger partial charge in [-0.3, -0.25) is 4.99 Å². The van der Waals surface area contributed by atoms with Crippen LogP contribution in [0.1, 0.15) is 25.3 Å². The van der Waals surface area contributed by atoms with Crippen LogP contribution in [0.15, 0.2) is 51.9 Å². The van der Waals surface area contributed by atoms with Gasteiger partial charge < -0.3 is 14.8 Å². The molecule has 0 amide bonds. The summed E-state index contributed by atoms with van der Waals surface area (Å²) in [5.41, 5.74) is -0.422. The van der Waals surface area contributed by atoms with E-state index in [9.17, 15) is 21.2 Å². The number of amidine groups is 1. The van der Waals surface area contributed by atoms with Crippen molar-refractivity contribution in [3.8, 4) is 5.75 Å². The third kappa shape index (κ3) is 5.28. The number of sulfone groups is 2. The van der Waals surface area contributed by atoms with Crippen molar-refractivity contribution < 1.29 is 35.1 Å². The number of rotatable bonds is 9. The Morgan fingerprint density at radius 2 is 2.00 bits per heavy atom. The first kappa shape index (κ1) is 28.7. The summed E-state index contributed by atoms with van der Waals surface area (Å²) in [6, 6.07) is 1.74. The highest BCUT2D eigenvalue weighted by atomic mass is 35.5. The molecule has 208 valence electrons. The quantitative estimate of drug-likeness (QED) is 0.439. The number of fused-ring (bicyclic) bond motifs is 3. The molecule has 0 aromatic heterocycles. The lowest BCUT2D eigenvalue weighted by molar-refractivity contribution is -0.0730. The number of nitrogens with one attached hydrogen (secondary N) is 1. The van der Waals surface area contributed by atoms with Gasteiger partial charge in [0.05, 0.1) is 35.5 Å². The Balaban J connectivity index is 1.80. The molecule has 1 N–H and O–H groups in total. The van der Waals surface area contributed by atoms with Gasteiger partial charge in [-0.2, -0.15) is 0 Å². The first-order valence-corrected chi connectivity index (χ1v) is 15.7. The number of benzene rings is 1. The predicted molar refractivity (Wildman–Crippen MR) is 142 cm³/mol. The summed E-state index contributed by atoms with van der Waals surface area (Å²) in [5.74, 6) is -3.57. The molecule has 0 radical (unpaired) electrons. The fraction of sp³-hybridized carbons (Fsp3) is 0.480. The van der Waals surface area contributed by atoms with Crippen molar-refractivity contribution in [2.75, 3.05) is 37.8 Å². The summed E-state index contributed by atoms with van der Waals surface area (Å²) in [6.07, 6.45) is 2.55. The predicted octanol–water partition coefficient (Wildman–Crippen LogP) is 3.39. The van der Waals surface area contributed by atoms with Crippen LogP contribution in [0.3, 0.4) is 0 Å². The summed E-state index contributed by atoms with van der Waals surface area (Å²) in [4.78, 5) is 3.88. The van der Waals surface area contributed by atoms with Gasteiger partial charge in [0.2, 0.25) is 0 Å². The van der Waals surface area contributed by atoms with Gasteiger partial charge >= 0.3 is 0 Å². The molecule has 3 atom stereocenters. The maximum Gasteiger partial charge on any atom is 0.189 e. The van der Waals surface area contributed by atoms with Crippen LogP contribution in [-0.2, 0) is 29.2 Å². The Labute approximate surface area is 226 Å². The molecule has 0 bridgehead atoms. The highest BCUT2D eigenvalue weighted by Gasteiger charge is 2.61. The third-order valence-corrected chi connectivity index (χ3v) is 11.3. The minimum absolute atomic E-state index is 0.0684. The average molecular weight is 591 g/mol. The van der Waals surface area contributed by atoms with Crippen molar-refractivity contribution in [2.45, 2.75) is 30.6 Å². The number of allylic oxidation sites excluding steroid dienone is 4. The maximum atomic E-state index is 15.5. The molecule has 1 fully saturated rings. The molecular weight excluding hydrogens is 562 g/mol. The van der Waals surface area contributed by atoms with E-state index in [1.165, 1.54) is 12.2 Å². The summed E-state index contributed by atoms with van der Waals surface area (Å²) in [7, 11) is -8.07. The van der Waals surface area contributed by atoms with Gasteiger partial charge in [0, 0.05) is 24.1 Å². The molecule has 1 saturated heterocycles. The lowest BCUT2D eigenvalue weighted by Crippen LogP contribution is -2.58. The molecule has 3 heterocycles. The standard InChI is InChI=1S/C25H29ClF2N2O6S2/c1-3-17(5-4-16(2)26)38(33,34)25-9-12-35-21(8-13-37(31,32)15-22-29-10-11-30-22)18(25)14-36-24-20(28)7-6-19(27)23(24)25/h3-7,18,21H,1,8-15H2,2H3,(H,29,30)/b16-4+,17-5+/t18-,21-,25-/m0/s1. The van der Waals surface area contributed by atoms with Gasteiger partial charge in [-0.05, 0) is 44.1 Å². The number of ether oxygens (including phenoxy) is 2. The second-order valence-electron chi connectivity index (χ2n) is 9.37. The van der Waals surface area contributed by atoms with E-state index in [4.69, 9.17) is 21.1 Å². The van der Waals surface area contributed by atoms with Crippen molar-refractivity contribution in [2.24, 2.45) is 10.9 Å². The second kappa shape index (κ2) is 11.1. The first-order valence-electron chi connectivity index (χ1n) is 12.0. The zero-order valence-corrected chi connectivity index (χ0v) is 23.1. The molecule has 0 unspecified atom stereocenters. The van der Waals surface area contributed by atoms with Crippen molar-refractivity contribution in [1.82, 2.24) is 5.32 Å². The Morgan fingerprint density at radius 3 is 2.66 bits per heavy atom. The van der Waals surface area contributed by atoms with Crippen molar-refractivity contribution >= 4 is 37.1 Å². The molecule has 1 aromatic rings. The summed E-state index contributed by atoms with van der Waals surface area (Å²) < 4.78 is 94.0. The van der Waals surface area contributed by atoms with E-state index in [2.05, 4.69) is 16.9 Å². The van der Waals surface area contributed by atoms with Gasteiger partial charge in [-0.1, -0.05) is 24.3 Å². The molecule has 3 aliphatic heterocycles. The van der Waals surface area contributed by atoms with Crippen LogP contribution >= 0.6 is 11.6 Å². The number of halogens is 3. The lowest BCUT2D eigenvalue weighted by atomic mass is 9.75. The Kier molecular flexibility index (Phi) is 8.37. The molecule has 0 saturated carbocycles. The van der Waals surface area contributed by atoms with E-state index in [0.29, 0.717) is 24.0 Å². The molecular formula is C25H29ClF2N2O6S2. The molecule has 0 spiro atoms. The number of hydrogen-bond donors (Lipinski definition) is 1. The zero-order valence-electron chi connectivity index (χ0n) is 20.8. The third-order valence-electron chi connectivity index (χ3n) is 7.02. The highest BCUT2D eigenvalue weighted by Crippen LogP contribution is 2.55. The van der Waals surface area contributed by atoms with Crippen LogP contribution in [0, 0.1) is 17.6 Å². The van der Waals surface area contributed by atoms with E-state index in [1.54, 1.807) is 6.92 Å². The minimum atomic E-state index is -4.45. The van der Waals surface area contributed by atoms with Gasteiger partial charge in [0.25, 0.3) is 0 Å². The van der Waals surface area contributed by atoms with E-state index < -0.39 is 59.4 Å². The van der Waals surface area contributed by atoms with Crippen molar-refractivity contribution in [3.05, 3.63) is 64.1 Å². The van der Waals surface area contributed by atoms with E-state index in [0.717, 1.165) is 18.2 Å². The molecule has 1 aromatic carbocycles. The van der Waals surface area contributed by atoms with Crippen LogP contribution in [0.2, 0.25) is 0 Å². The summed E-state index contributed by atoms with van der Waals surface area (Å²) >= 11 is 5.91.